The minimum absolute atomic E-state index is 0.174. The molecule has 0 aromatic heterocycles. The zero-order valence-corrected chi connectivity index (χ0v) is 11.2. The van der Waals surface area contributed by atoms with Gasteiger partial charge in [0.2, 0.25) is 5.91 Å². The second kappa shape index (κ2) is 5.85. The Balaban J connectivity index is 1.82. The molecule has 1 amide bonds. The van der Waals surface area contributed by atoms with Crippen LogP contribution in [0.2, 0.25) is 0 Å². The van der Waals surface area contributed by atoms with Crippen LogP contribution in [-0.4, -0.2) is 24.5 Å². The van der Waals surface area contributed by atoms with Crippen LogP contribution < -0.4 is 10.6 Å². The van der Waals surface area contributed by atoms with Gasteiger partial charge in [0.25, 0.3) is 0 Å². The molecule has 98 valence electrons. The summed E-state index contributed by atoms with van der Waals surface area (Å²) in [6, 6.07) is 0.693. The smallest absolute Gasteiger partial charge is 0.224 e. The molecule has 0 spiro atoms. The second-order valence-electron chi connectivity index (χ2n) is 5.83. The quantitative estimate of drug-likeness (QED) is 0.790. The Hall–Kier alpha value is -0.570. The number of piperidine rings is 1. The molecule has 0 aromatic rings. The highest BCUT2D eigenvalue weighted by molar-refractivity contribution is 5.79. The van der Waals surface area contributed by atoms with Crippen LogP contribution in [0.15, 0.2) is 0 Å². The minimum atomic E-state index is 0.174. The summed E-state index contributed by atoms with van der Waals surface area (Å²) < 4.78 is 0. The molecule has 17 heavy (non-hydrogen) atoms. The molecule has 0 bridgehead atoms. The highest BCUT2D eigenvalue weighted by atomic mass is 16.2. The third kappa shape index (κ3) is 3.21. The van der Waals surface area contributed by atoms with E-state index in [9.17, 15) is 4.79 Å². The van der Waals surface area contributed by atoms with Crippen LogP contribution >= 0.6 is 0 Å². The summed E-state index contributed by atoms with van der Waals surface area (Å²) in [6.07, 6.45) is 7.43. The summed E-state index contributed by atoms with van der Waals surface area (Å²) in [5, 5.41) is 6.64. The van der Waals surface area contributed by atoms with Crippen LogP contribution in [-0.2, 0) is 4.79 Å². The van der Waals surface area contributed by atoms with E-state index in [-0.39, 0.29) is 11.8 Å². The number of carbonyl (C=O) groups excluding carboxylic acids is 1. The lowest BCUT2D eigenvalue weighted by Crippen LogP contribution is -2.49. The Morgan fingerprint density at radius 3 is 2.59 bits per heavy atom. The second-order valence-corrected chi connectivity index (χ2v) is 5.83. The van der Waals surface area contributed by atoms with Gasteiger partial charge in [-0.2, -0.15) is 0 Å². The van der Waals surface area contributed by atoms with E-state index < -0.39 is 0 Å². The minimum Gasteiger partial charge on any atom is -0.353 e. The van der Waals surface area contributed by atoms with Crippen LogP contribution in [0.3, 0.4) is 0 Å². The first kappa shape index (κ1) is 12.9. The van der Waals surface area contributed by atoms with Crippen molar-refractivity contribution >= 4 is 5.91 Å². The zero-order chi connectivity index (χ0) is 12.3. The topological polar surface area (TPSA) is 41.1 Å². The van der Waals surface area contributed by atoms with E-state index in [0.29, 0.717) is 18.0 Å². The van der Waals surface area contributed by atoms with E-state index in [1.165, 1.54) is 25.7 Å². The zero-order valence-electron chi connectivity index (χ0n) is 11.2. The predicted molar refractivity (Wildman–Crippen MR) is 69.8 cm³/mol. The van der Waals surface area contributed by atoms with Gasteiger partial charge in [-0.3, -0.25) is 4.79 Å². The standard InChI is InChI=1S/C14H26N2O/c1-10(12-6-3-4-7-12)16-14(17)13-8-5-9-15-11(13)2/h10-13,15H,3-9H2,1-2H3,(H,16,17). The van der Waals surface area contributed by atoms with Gasteiger partial charge in [-0.25, -0.2) is 0 Å². The molecule has 1 saturated heterocycles. The van der Waals surface area contributed by atoms with Crippen LogP contribution in [0.5, 0.6) is 0 Å². The van der Waals surface area contributed by atoms with Crippen molar-refractivity contribution in [3.05, 3.63) is 0 Å². The van der Waals surface area contributed by atoms with Crippen LogP contribution in [0.1, 0.15) is 52.4 Å². The van der Waals surface area contributed by atoms with Crippen molar-refractivity contribution in [1.82, 2.24) is 10.6 Å². The fraction of sp³-hybridized carbons (Fsp3) is 0.929. The SMILES string of the molecule is CC(NC(=O)C1CCCNC1C)C1CCCC1. The first-order valence-electron chi connectivity index (χ1n) is 7.22. The normalized spacial score (nSPS) is 32.4. The number of hydrogen-bond acceptors (Lipinski definition) is 2. The van der Waals surface area contributed by atoms with E-state index in [4.69, 9.17) is 0 Å². The molecule has 2 N–H and O–H groups in total. The molecular weight excluding hydrogens is 212 g/mol. The molecule has 1 saturated carbocycles. The molecule has 1 heterocycles. The third-order valence-electron chi connectivity index (χ3n) is 4.58. The highest BCUT2D eigenvalue weighted by Crippen LogP contribution is 2.28. The van der Waals surface area contributed by atoms with E-state index in [0.717, 1.165) is 19.4 Å². The molecule has 2 rings (SSSR count). The molecule has 0 radical (unpaired) electrons. The van der Waals surface area contributed by atoms with Gasteiger partial charge in [-0.1, -0.05) is 12.8 Å². The Bertz CT molecular complexity index is 261. The maximum Gasteiger partial charge on any atom is 0.224 e. The molecule has 1 aliphatic carbocycles. The van der Waals surface area contributed by atoms with Crippen molar-refractivity contribution in [2.24, 2.45) is 11.8 Å². The van der Waals surface area contributed by atoms with E-state index in [1.807, 2.05) is 0 Å². The first-order valence-corrected chi connectivity index (χ1v) is 7.22. The molecule has 3 unspecified atom stereocenters. The van der Waals surface area contributed by atoms with E-state index in [1.54, 1.807) is 0 Å². The number of hydrogen-bond donors (Lipinski definition) is 2. The molecule has 2 fully saturated rings. The van der Waals surface area contributed by atoms with E-state index in [2.05, 4.69) is 24.5 Å². The molecule has 3 heteroatoms. The van der Waals surface area contributed by atoms with Crippen molar-refractivity contribution in [2.75, 3.05) is 6.54 Å². The van der Waals surface area contributed by atoms with Crippen molar-refractivity contribution < 1.29 is 4.79 Å². The Morgan fingerprint density at radius 2 is 1.94 bits per heavy atom. The monoisotopic (exact) mass is 238 g/mol. The van der Waals surface area contributed by atoms with E-state index >= 15 is 0 Å². The van der Waals surface area contributed by atoms with Crippen molar-refractivity contribution in [3.63, 3.8) is 0 Å². The molecule has 3 nitrogen and oxygen atoms in total. The highest BCUT2D eigenvalue weighted by Gasteiger charge is 2.30. The molecular formula is C14H26N2O. The average molecular weight is 238 g/mol. The molecule has 0 aromatic carbocycles. The summed E-state index contributed by atoms with van der Waals surface area (Å²) >= 11 is 0. The maximum atomic E-state index is 12.2. The Labute approximate surface area is 105 Å². The van der Waals surface area contributed by atoms with Crippen molar-refractivity contribution in [1.29, 1.82) is 0 Å². The Morgan fingerprint density at radius 1 is 1.24 bits per heavy atom. The first-order chi connectivity index (χ1) is 8.18. The van der Waals surface area contributed by atoms with Gasteiger partial charge >= 0.3 is 0 Å². The molecule has 1 aliphatic heterocycles. The van der Waals surface area contributed by atoms with Crippen LogP contribution in [0.25, 0.3) is 0 Å². The summed E-state index contributed by atoms with van der Waals surface area (Å²) in [5.74, 6) is 1.16. The number of rotatable bonds is 3. The largest absolute Gasteiger partial charge is 0.353 e. The fourth-order valence-corrected chi connectivity index (χ4v) is 3.31. The van der Waals surface area contributed by atoms with Gasteiger partial charge in [-0.15, -0.1) is 0 Å². The Kier molecular flexibility index (Phi) is 4.43. The average Bonchev–Trinajstić information content (AvgIpc) is 2.82. The summed E-state index contributed by atoms with van der Waals surface area (Å²) in [6.45, 7) is 5.36. The van der Waals surface area contributed by atoms with Crippen molar-refractivity contribution in [2.45, 2.75) is 64.5 Å². The van der Waals surface area contributed by atoms with Crippen LogP contribution in [0, 0.1) is 11.8 Å². The molecule has 3 atom stereocenters. The van der Waals surface area contributed by atoms with Gasteiger partial charge in [0.15, 0.2) is 0 Å². The van der Waals surface area contributed by atoms with Crippen LogP contribution in [0.4, 0.5) is 0 Å². The predicted octanol–water partition coefficient (Wildman–Crippen LogP) is 2.07. The lowest BCUT2D eigenvalue weighted by atomic mass is 9.90. The molecule has 2 aliphatic rings. The van der Waals surface area contributed by atoms with Gasteiger partial charge in [0, 0.05) is 12.1 Å². The maximum absolute atomic E-state index is 12.2. The van der Waals surface area contributed by atoms with Gasteiger partial charge in [-0.05, 0) is 52.0 Å². The van der Waals surface area contributed by atoms with Gasteiger partial charge < -0.3 is 10.6 Å². The lowest BCUT2D eigenvalue weighted by Gasteiger charge is -2.31. The lowest BCUT2D eigenvalue weighted by molar-refractivity contribution is -0.127. The fourth-order valence-electron chi connectivity index (χ4n) is 3.31. The summed E-state index contributed by atoms with van der Waals surface area (Å²) in [5.41, 5.74) is 0. The van der Waals surface area contributed by atoms with Crippen molar-refractivity contribution in [3.8, 4) is 0 Å². The van der Waals surface area contributed by atoms with Gasteiger partial charge in [0.1, 0.15) is 0 Å². The third-order valence-corrected chi connectivity index (χ3v) is 4.58. The summed E-state index contributed by atoms with van der Waals surface area (Å²) in [4.78, 5) is 12.2. The summed E-state index contributed by atoms with van der Waals surface area (Å²) in [7, 11) is 0. The van der Waals surface area contributed by atoms with Gasteiger partial charge in [0.05, 0.1) is 5.92 Å². The number of nitrogens with one attached hydrogen (secondary N) is 2. The number of carbonyl (C=O) groups is 1. The number of amides is 1.